The van der Waals surface area contributed by atoms with Crippen LogP contribution in [-0.4, -0.2) is 56.3 Å². The third-order valence-corrected chi connectivity index (χ3v) is 5.42. The Morgan fingerprint density at radius 1 is 1.22 bits per heavy atom. The van der Waals surface area contributed by atoms with Crippen LogP contribution in [0.3, 0.4) is 0 Å². The van der Waals surface area contributed by atoms with Gasteiger partial charge in [0.2, 0.25) is 0 Å². The number of rotatable bonds is 5. The largest absolute Gasteiger partial charge is 0.379 e. The quantitative estimate of drug-likeness (QED) is 0.629. The summed E-state index contributed by atoms with van der Waals surface area (Å²) in [5, 5.41) is 9.58. The van der Waals surface area contributed by atoms with Crippen LogP contribution in [0.25, 0.3) is 10.8 Å². The van der Waals surface area contributed by atoms with E-state index in [1.807, 2.05) is 7.05 Å². The zero-order valence-corrected chi connectivity index (χ0v) is 16.9. The van der Waals surface area contributed by atoms with Crippen LogP contribution in [0.2, 0.25) is 0 Å². The fraction of sp³-hybridized carbons (Fsp3) is 0.500. The first-order chi connectivity index (χ1) is 13.1. The molecule has 0 bridgehead atoms. The Morgan fingerprint density at radius 3 is 2.78 bits per heavy atom. The molecule has 0 saturated carbocycles. The average molecular weight is 369 g/mol. The number of ether oxygens (including phenoxy) is 1. The lowest BCUT2D eigenvalue weighted by molar-refractivity contribution is -0.0174. The van der Waals surface area contributed by atoms with E-state index in [4.69, 9.17) is 4.74 Å². The number of guanidine groups is 1. The van der Waals surface area contributed by atoms with Crippen LogP contribution in [0.5, 0.6) is 0 Å². The Kier molecular flexibility index (Phi) is 6.69. The second kappa shape index (κ2) is 9.20. The maximum atomic E-state index is 5.55. The summed E-state index contributed by atoms with van der Waals surface area (Å²) in [7, 11) is 1.83. The predicted octanol–water partition coefficient (Wildman–Crippen LogP) is 3.18. The van der Waals surface area contributed by atoms with Crippen molar-refractivity contribution < 1.29 is 4.74 Å². The molecule has 0 aromatic heterocycles. The summed E-state index contributed by atoms with van der Waals surface area (Å²) in [4.78, 5) is 6.92. The van der Waals surface area contributed by atoms with E-state index in [9.17, 15) is 0 Å². The number of aliphatic imine (C=N–C) groups is 1. The van der Waals surface area contributed by atoms with Crippen LogP contribution < -0.4 is 10.6 Å². The van der Waals surface area contributed by atoms with Crippen molar-refractivity contribution in [3.05, 3.63) is 48.0 Å². The van der Waals surface area contributed by atoms with Gasteiger partial charge in [-0.15, -0.1) is 0 Å². The standard InChI is InChI=1S/C22H32N4O/c1-16(26-12-13-27-15-17(26)2)14-24-22(23-4)25-18(3)20-11-7-9-19-8-5-6-10-21(19)20/h5-11,16-18H,12-15H2,1-4H3,(H2,23,24,25). The predicted molar refractivity (Wildman–Crippen MR) is 113 cm³/mol. The van der Waals surface area contributed by atoms with Gasteiger partial charge in [0, 0.05) is 32.2 Å². The monoisotopic (exact) mass is 368 g/mol. The molecule has 1 aliphatic heterocycles. The van der Waals surface area contributed by atoms with Gasteiger partial charge in [0.05, 0.1) is 19.3 Å². The van der Waals surface area contributed by atoms with Gasteiger partial charge in [0.15, 0.2) is 5.96 Å². The number of morpholine rings is 1. The van der Waals surface area contributed by atoms with Crippen molar-refractivity contribution in [2.45, 2.75) is 38.9 Å². The summed E-state index contributed by atoms with van der Waals surface area (Å²) in [5.41, 5.74) is 1.28. The van der Waals surface area contributed by atoms with Gasteiger partial charge in [-0.2, -0.15) is 0 Å². The number of hydrogen-bond acceptors (Lipinski definition) is 3. The maximum absolute atomic E-state index is 5.55. The van der Waals surface area contributed by atoms with Crippen LogP contribution in [0.1, 0.15) is 32.4 Å². The molecule has 3 atom stereocenters. The van der Waals surface area contributed by atoms with Crippen molar-refractivity contribution in [3.63, 3.8) is 0 Å². The summed E-state index contributed by atoms with van der Waals surface area (Å²) in [6, 6.07) is 16.0. The molecule has 146 valence electrons. The van der Waals surface area contributed by atoms with Crippen molar-refractivity contribution in [3.8, 4) is 0 Å². The van der Waals surface area contributed by atoms with E-state index in [0.29, 0.717) is 12.1 Å². The molecular weight excluding hydrogens is 336 g/mol. The molecule has 2 N–H and O–H groups in total. The smallest absolute Gasteiger partial charge is 0.191 e. The van der Waals surface area contributed by atoms with E-state index < -0.39 is 0 Å². The summed E-state index contributed by atoms with van der Waals surface area (Å²) in [6.45, 7) is 10.1. The number of nitrogens with zero attached hydrogens (tertiary/aromatic N) is 2. The molecule has 3 rings (SSSR count). The second-order valence-corrected chi connectivity index (χ2v) is 7.40. The molecule has 0 aliphatic carbocycles. The molecular formula is C22H32N4O. The van der Waals surface area contributed by atoms with Crippen LogP contribution in [-0.2, 0) is 4.74 Å². The average Bonchev–Trinajstić information content (AvgIpc) is 2.70. The van der Waals surface area contributed by atoms with E-state index in [2.05, 4.69) is 83.8 Å². The fourth-order valence-corrected chi connectivity index (χ4v) is 3.86. The highest BCUT2D eigenvalue weighted by Crippen LogP contribution is 2.23. The van der Waals surface area contributed by atoms with Gasteiger partial charge in [0.25, 0.3) is 0 Å². The lowest BCUT2D eigenvalue weighted by Gasteiger charge is -2.38. The minimum atomic E-state index is 0.167. The Balaban J connectivity index is 1.61. The molecule has 1 heterocycles. The van der Waals surface area contributed by atoms with Crippen molar-refractivity contribution in [1.29, 1.82) is 0 Å². The minimum Gasteiger partial charge on any atom is -0.379 e. The highest BCUT2D eigenvalue weighted by Gasteiger charge is 2.23. The lowest BCUT2D eigenvalue weighted by atomic mass is 10.00. The van der Waals surface area contributed by atoms with Crippen LogP contribution in [0.4, 0.5) is 0 Å². The van der Waals surface area contributed by atoms with Crippen molar-refractivity contribution in [2.75, 3.05) is 33.4 Å². The van der Waals surface area contributed by atoms with Crippen LogP contribution in [0.15, 0.2) is 47.5 Å². The number of hydrogen-bond donors (Lipinski definition) is 2. The Labute approximate surface area is 162 Å². The van der Waals surface area contributed by atoms with Gasteiger partial charge in [-0.1, -0.05) is 42.5 Å². The maximum Gasteiger partial charge on any atom is 0.191 e. The van der Waals surface area contributed by atoms with Crippen LogP contribution >= 0.6 is 0 Å². The Hall–Kier alpha value is -2.11. The van der Waals surface area contributed by atoms with Crippen LogP contribution in [0, 0.1) is 0 Å². The molecule has 2 aromatic carbocycles. The summed E-state index contributed by atoms with van der Waals surface area (Å²) < 4.78 is 5.55. The van der Waals surface area contributed by atoms with E-state index >= 15 is 0 Å². The van der Waals surface area contributed by atoms with Crippen molar-refractivity contribution in [1.82, 2.24) is 15.5 Å². The highest BCUT2D eigenvalue weighted by atomic mass is 16.5. The van der Waals surface area contributed by atoms with Crippen molar-refractivity contribution >= 4 is 16.7 Å². The molecule has 27 heavy (non-hydrogen) atoms. The molecule has 0 radical (unpaired) electrons. The SMILES string of the molecule is CN=C(NCC(C)N1CCOCC1C)NC(C)c1cccc2ccccc12. The second-order valence-electron chi connectivity index (χ2n) is 7.40. The molecule has 2 aromatic rings. The molecule has 5 nitrogen and oxygen atoms in total. The molecule has 1 saturated heterocycles. The van der Waals surface area contributed by atoms with E-state index in [-0.39, 0.29) is 6.04 Å². The number of benzene rings is 2. The Bertz CT molecular complexity index is 771. The summed E-state index contributed by atoms with van der Waals surface area (Å²) >= 11 is 0. The normalized spacial score (nSPS) is 21.0. The molecule has 0 amide bonds. The van der Waals surface area contributed by atoms with E-state index in [1.54, 1.807) is 0 Å². The third kappa shape index (κ3) is 4.79. The number of fused-ring (bicyclic) bond motifs is 1. The zero-order valence-electron chi connectivity index (χ0n) is 16.9. The highest BCUT2D eigenvalue weighted by molar-refractivity contribution is 5.87. The molecule has 1 fully saturated rings. The first kappa shape index (κ1) is 19.6. The van der Waals surface area contributed by atoms with Gasteiger partial charge in [-0.05, 0) is 37.1 Å². The summed E-state index contributed by atoms with van der Waals surface area (Å²) in [6.07, 6.45) is 0. The topological polar surface area (TPSA) is 48.9 Å². The number of nitrogens with one attached hydrogen (secondary N) is 2. The van der Waals surface area contributed by atoms with Gasteiger partial charge in [-0.25, -0.2) is 0 Å². The Morgan fingerprint density at radius 2 is 2.00 bits per heavy atom. The lowest BCUT2D eigenvalue weighted by Crippen LogP contribution is -2.53. The fourth-order valence-electron chi connectivity index (χ4n) is 3.86. The molecule has 5 heteroatoms. The zero-order chi connectivity index (χ0) is 19.2. The van der Waals surface area contributed by atoms with Crippen molar-refractivity contribution in [2.24, 2.45) is 4.99 Å². The molecule has 1 aliphatic rings. The van der Waals surface area contributed by atoms with Gasteiger partial charge >= 0.3 is 0 Å². The van der Waals surface area contributed by atoms with Gasteiger partial charge < -0.3 is 15.4 Å². The van der Waals surface area contributed by atoms with E-state index in [1.165, 1.54) is 16.3 Å². The van der Waals surface area contributed by atoms with Gasteiger partial charge in [-0.3, -0.25) is 9.89 Å². The molecule has 0 spiro atoms. The summed E-state index contributed by atoms with van der Waals surface area (Å²) in [5.74, 6) is 0.836. The molecule has 3 unspecified atom stereocenters. The minimum absolute atomic E-state index is 0.167. The first-order valence-electron chi connectivity index (χ1n) is 9.88. The third-order valence-electron chi connectivity index (χ3n) is 5.42. The van der Waals surface area contributed by atoms with E-state index in [0.717, 1.165) is 32.3 Å². The van der Waals surface area contributed by atoms with Gasteiger partial charge in [0.1, 0.15) is 0 Å². The first-order valence-corrected chi connectivity index (χ1v) is 9.88.